The third-order valence-corrected chi connectivity index (χ3v) is 3.53. The zero-order chi connectivity index (χ0) is 14.5. The van der Waals surface area contributed by atoms with Crippen LogP contribution in [0.5, 0.6) is 0 Å². The molecule has 0 aromatic carbocycles. The van der Waals surface area contributed by atoms with Crippen LogP contribution in [0.2, 0.25) is 0 Å². The fourth-order valence-corrected chi connectivity index (χ4v) is 2.35. The SMILES string of the molecule is O=C(NCc1cn(-c2cccnc2)nn1)C1CC=CCC1. The molecule has 0 spiro atoms. The minimum atomic E-state index is 0.0865. The van der Waals surface area contributed by atoms with Crippen LogP contribution in [0.25, 0.3) is 5.69 Å². The smallest absolute Gasteiger partial charge is 0.223 e. The molecular formula is C15H17N5O. The molecule has 2 heterocycles. The molecule has 21 heavy (non-hydrogen) atoms. The molecule has 1 amide bonds. The summed E-state index contributed by atoms with van der Waals surface area (Å²) in [5.41, 5.74) is 1.58. The number of rotatable bonds is 4. The number of pyridine rings is 1. The zero-order valence-corrected chi connectivity index (χ0v) is 11.6. The van der Waals surface area contributed by atoms with Crippen LogP contribution < -0.4 is 5.32 Å². The summed E-state index contributed by atoms with van der Waals surface area (Å²) in [7, 11) is 0. The minimum absolute atomic E-state index is 0.0865. The van der Waals surface area contributed by atoms with Gasteiger partial charge >= 0.3 is 0 Å². The molecule has 6 heteroatoms. The lowest BCUT2D eigenvalue weighted by Crippen LogP contribution is -2.30. The van der Waals surface area contributed by atoms with E-state index in [1.165, 1.54) is 0 Å². The average Bonchev–Trinajstić information content (AvgIpc) is 3.03. The Morgan fingerprint density at radius 3 is 3.14 bits per heavy atom. The van der Waals surface area contributed by atoms with Gasteiger partial charge in [0.05, 0.1) is 24.6 Å². The lowest BCUT2D eigenvalue weighted by atomic mass is 9.94. The van der Waals surface area contributed by atoms with Crippen LogP contribution in [-0.2, 0) is 11.3 Å². The van der Waals surface area contributed by atoms with Crippen LogP contribution in [0.15, 0.2) is 42.9 Å². The van der Waals surface area contributed by atoms with Gasteiger partial charge in [0.15, 0.2) is 0 Å². The second-order valence-electron chi connectivity index (χ2n) is 5.06. The van der Waals surface area contributed by atoms with Crippen molar-refractivity contribution in [3.8, 4) is 5.69 Å². The highest BCUT2D eigenvalue weighted by molar-refractivity contribution is 5.78. The number of aromatic nitrogens is 4. The van der Waals surface area contributed by atoms with Gasteiger partial charge in [-0.2, -0.15) is 0 Å². The van der Waals surface area contributed by atoms with Gasteiger partial charge in [-0.15, -0.1) is 5.10 Å². The predicted octanol–water partition coefficient (Wildman–Crippen LogP) is 1.63. The van der Waals surface area contributed by atoms with E-state index in [1.54, 1.807) is 23.3 Å². The number of carbonyl (C=O) groups excluding carboxylic acids is 1. The van der Waals surface area contributed by atoms with Gasteiger partial charge in [0.25, 0.3) is 0 Å². The number of amides is 1. The minimum Gasteiger partial charge on any atom is -0.350 e. The third kappa shape index (κ3) is 3.34. The highest BCUT2D eigenvalue weighted by atomic mass is 16.1. The summed E-state index contributed by atoms with van der Waals surface area (Å²) < 4.78 is 1.65. The van der Waals surface area contributed by atoms with Crippen LogP contribution in [0.3, 0.4) is 0 Å². The van der Waals surface area contributed by atoms with Gasteiger partial charge in [-0.05, 0) is 31.4 Å². The number of hydrogen-bond acceptors (Lipinski definition) is 4. The Morgan fingerprint density at radius 2 is 2.38 bits per heavy atom. The van der Waals surface area contributed by atoms with Crippen molar-refractivity contribution < 1.29 is 4.79 Å². The molecule has 0 aliphatic heterocycles. The predicted molar refractivity (Wildman–Crippen MR) is 77.5 cm³/mol. The van der Waals surface area contributed by atoms with Crippen LogP contribution in [0.4, 0.5) is 0 Å². The standard InChI is InChI=1S/C15H17N5O/c21-15(12-5-2-1-3-6-12)17-9-13-11-20(19-18-13)14-7-4-8-16-10-14/h1-2,4,7-8,10-12H,3,5-6,9H2,(H,17,21). The Labute approximate surface area is 122 Å². The molecule has 0 bridgehead atoms. The maximum absolute atomic E-state index is 12.0. The third-order valence-electron chi connectivity index (χ3n) is 3.53. The molecular weight excluding hydrogens is 266 g/mol. The van der Waals surface area contributed by atoms with Crippen molar-refractivity contribution >= 4 is 5.91 Å². The molecule has 3 rings (SSSR count). The fourth-order valence-electron chi connectivity index (χ4n) is 2.35. The van der Waals surface area contributed by atoms with Crippen molar-refractivity contribution in [1.82, 2.24) is 25.3 Å². The molecule has 0 fully saturated rings. The Hall–Kier alpha value is -2.50. The molecule has 108 valence electrons. The zero-order valence-electron chi connectivity index (χ0n) is 11.6. The summed E-state index contributed by atoms with van der Waals surface area (Å²) in [5.74, 6) is 0.179. The molecule has 1 atom stereocenters. The van der Waals surface area contributed by atoms with E-state index >= 15 is 0 Å². The normalized spacial score (nSPS) is 17.6. The molecule has 1 aliphatic carbocycles. The maximum atomic E-state index is 12.0. The molecule has 1 unspecified atom stereocenters. The Bertz CT molecular complexity index is 635. The van der Waals surface area contributed by atoms with Crippen LogP contribution in [-0.4, -0.2) is 25.9 Å². The first-order valence-electron chi connectivity index (χ1n) is 7.07. The molecule has 1 N–H and O–H groups in total. The number of nitrogens with one attached hydrogen (secondary N) is 1. The molecule has 0 saturated carbocycles. The van der Waals surface area contributed by atoms with Crippen molar-refractivity contribution in [1.29, 1.82) is 0 Å². The Balaban J connectivity index is 1.58. The van der Waals surface area contributed by atoms with Gasteiger partial charge in [0.1, 0.15) is 5.69 Å². The average molecular weight is 283 g/mol. The monoisotopic (exact) mass is 283 g/mol. The van der Waals surface area contributed by atoms with Gasteiger partial charge in [-0.25, -0.2) is 4.68 Å². The summed E-state index contributed by atoms with van der Waals surface area (Å²) in [6, 6.07) is 3.74. The van der Waals surface area contributed by atoms with E-state index in [9.17, 15) is 4.79 Å². The van der Waals surface area contributed by atoms with E-state index in [0.717, 1.165) is 30.6 Å². The summed E-state index contributed by atoms with van der Waals surface area (Å²) >= 11 is 0. The van der Waals surface area contributed by atoms with Crippen LogP contribution in [0, 0.1) is 5.92 Å². The first-order chi connectivity index (χ1) is 10.3. The topological polar surface area (TPSA) is 72.7 Å². The molecule has 1 aliphatic rings. The van der Waals surface area contributed by atoms with Gasteiger partial charge in [-0.3, -0.25) is 9.78 Å². The lowest BCUT2D eigenvalue weighted by molar-refractivity contribution is -0.125. The van der Waals surface area contributed by atoms with E-state index in [0.29, 0.717) is 6.54 Å². The van der Waals surface area contributed by atoms with E-state index in [2.05, 4.69) is 32.8 Å². The van der Waals surface area contributed by atoms with Crippen molar-refractivity contribution in [2.24, 2.45) is 5.92 Å². The van der Waals surface area contributed by atoms with Gasteiger partial charge in [-0.1, -0.05) is 17.4 Å². The quantitative estimate of drug-likeness (QED) is 0.866. The van der Waals surface area contributed by atoms with Crippen LogP contribution >= 0.6 is 0 Å². The van der Waals surface area contributed by atoms with Gasteiger partial charge in [0.2, 0.25) is 5.91 Å². The summed E-state index contributed by atoms with van der Waals surface area (Å²) in [6.45, 7) is 0.402. The second-order valence-corrected chi connectivity index (χ2v) is 5.06. The van der Waals surface area contributed by atoms with E-state index < -0.39 is 0 Å². The number of allylic oxidation sites excluding steroid dienone is 2. The van der Waals surface area contributed by atoms with Crippen molar-refractivity contribution in [3.63, 3.8) is 0 Å². The molecule has 0 saturated heterocycles. The summed E-state index contributed by atoms with van der Waals surface area (Å²) in [4.78, 5) is 16.1. The highest BCUT2D eigenvalue weighted by Crippen LogP contribution is 2.18. The molecule has 0 radical (unpaired) electrons. The van der Waals surface area contributed by atoms with Crippen LogP contribution in [0.1, 0.15) is 25.0 Å². The van der Waals surface area contributed by atoms with Crippen molar-refractivity contribution in [2.45, 2.75) is 25.8 Å². The van der Waals surface area contributed by atoms with Crippen molar-refractivity contribution in [3.05, 3.63) is 48.6 Å². The highest BCUT2D eigenvalue weighted by Gasteiger charge is 2.18. The molecule has 6 nitrogen and oxygen atoms in total. The van der Waals surface area contributed by atoms with Crippen molar-refractivity contribution in [2.75, 3.05) is 0 Å². The lowest BCUT2D eigenvalue weighted by Gasteiger charge is -2.16. The van der Waals surface area contributed by atoms with E-state index in [1.807, 2.05) is 12.1 Å². The number of nitrogens with zero attached hydrogens (tertiary/aromatic N) is 4. The first kappa shape index (κ1) is 13.5. The molecule has 2 aromatic rings. The summed E-state index contributed by atoms with van der Waals surface area (Å²) in [6.07, 6.45) is 12.2. The van der Waals surface area contributed by atoms with E-state index in [-0.39, 0.29) is 11.8 Å². The van der Waals surface area contributed by atoms with E-state index in [4.69, 9.17) is 0 Å². The number of hydrogen-bond donors (Lipinski definition) is 1. The molecule has 2 aromatic heterocycles. The second kappa shape index (κ2) is 6.30. The summed E-state index contributed by atoms with van der Waals surface area (Å²) in [5, 5.41) is 11.0. The first-order valence-corrected chi connectivity index (χ1v) is 7.07. The Kier molecular flexibility index (Phi) is 4.04. The van der Waals surface area contributed by atoms with Gasteiger partial charge < -0.3 is 5.32 Å². The maximum Gasteiger partial charge on any atom is 0.223 e. The fraction of sp³-hybridized carbons (Fsp3) is 0.333. The van der Waals surface area contributed by atoms with Gasteiger partial charge in [0, 0.05) is 12.1 Å². The number of carbonyl (C=O) groups is 1. The Morgan fingerprint density at radius 1 is 1.43 bits per heavy atom. The largest absolute Gasteiger partial charge is 0.350 e.